The standard InChI is InChI=1S/C9H11NO4.C5H10N2O3/c10-6(9(13)14)3-5-1-2-7(11)8(12)4-5;6-3(5(9)10)1-2-4(7)8/h1-2,4,6,11-12H,3,10H2,(H,13,14);3H,1-2,6H2,(H2,7,8)(H,9,10)/t6-;/m0./s1. The molecular formula is C14H21N3O7. The number of carbonyl (C=O) groups is 3. The van der Waals surface area contributed by atoms with Crippen LogP contribution in [0.3, 0.4) is 0 Å². The summed E-state index contributed by atoms with van der Waals surface area (Å²) >= 11 is 0. The van der Waals surface area contributed by atoms with E-state index in [2.05, 4.69) is 0 Å². The molecule has 0 saturated carbocycles. The number of primary amides is 1. The van der Waals surface area contributed by atoms with Crippen molar-refractivity contribution in [1.82, 2.24) is 0 Å². The first-order chi connectivity index (χ1) is 11.0. The molecule has 24 heavy (non-hydrogen) atoms. The molecule has 1 aromatic rings. The molecule has 10 nitrogen and oxygen atoms in total. The first kappa shape index (κ1) is 21.1. The third kappa shape index (κ3) is 8.56. The monoisotopic (exact) mass is 343 g/mol. The normalized spacial score (nSPS) is 12.4. The molecule has 0 saturated heterocycles. The Labute approximate surface area is 137 Å². The molecule has 0 aliphatic carbocycles. The zero-order chi connectivity index (χ0) is 18.9. The Morgan fingerprint density at radius 1 is 0.958 bits per heavy atom. The lowest BCUT2D eigenvalue weighted by Crippen LogP contribution is -2.32. The molecule has 0 fully saturated rings. The third-order valence-electron chi connectivity index (χ3n) is 2.83. The molecule has 0 radical (unpaired) electrons. The molecule has 1 rings (SSSR count). The fraction of sp³-hybridized carbons (Fsp3) is 0.357. The predicted octanol–water partition coefficient (Wildman–Crippen LogP) is -1.28. The van der Waals surface area contributed by atoms with Crippen LogP contribution in [0.4, 0.5) is 0 Å². The maximum atomic E-state index is 10.4. The highest BCUT2D eigenvalue weighted by Crippen LogP contribution is 2.25. The molecule has 0 heterocycles. The van der Waals surface area contributed by atoms with E-state index < -0.39 is 29.9 Å². The number of hydrogen-bond donors (Lipinski definition) is 7. The number of aliphatic carboxylic acids is 2. The Bertz CT molecular complexity index is 592. The molecule has 1 aromatic carbocycles. The Morgan fingerprint density at radius 2 is 1.50 bits per heavy atom. The van der Waals surface area contributed by atoms with Crippen LogP contribution in [0.1, 0.15) is 18.4 Å². The van der Waals surface area contributed by atoms with Gasteiger partial charge in [0.2, 0.25) is 5.91 Å². The lowest BCUT2D eigenvalue weighted by Gasteiger charge is -2.06. The van der Waals surface area contributed by atoms with E-state index in [9.17, 15) is 14.4 Å². The van der Waals surface area contributed by atoms with E-state index in [0.717, 1.165) is 0 Å². The fourth-order valence-electron chi connectivity index (χ4n) is 1.46. The number of phenolic OH excluding ortho intramolecular Hbond substituents is 2. The third-order valence-corrected chi connectivity index (χ3v) is 2.83. The van der Waals surface area contributed by atoms with Gasteiger partial charge < -0.3 is 37.6 Å². The molecule has 0 spiro atoms. The summed E-state index contributed by atoms with van der Waals surface area (Å²) in [5.41, 5.74) is 15.7. The van der Waals surface area contributed by atoms with E-state index >= 15 is 0 Å². The molecule has 0 bridgehead atoms. The van der Waals surface area contributed by atoms with Gasteiger partial charge in [-0.2, -0.15) is 0 Å². The average Bonchev–Trinajstić information content (AvgIpc) is 2.48. The summed E-state index contributed by atoms with van der Waals surface area (Å²) in [5.74, 6) is -3.26. The summed E-state index contributed by atoms with van der Waals surface area (Å²) in [6.07, 6.45) is 0.237. The maximum Gasteiger partial charge on any atom is 0.320 e. The molecule has 134 valence electrons. The molecule has 1 unspecified atom stereocenters. The van der Waals surface area contributed by atoms with Crippen molar-refractivity contribution in [2.24, 2.45) is 17.2 Å². The first-order valence-electron chi connectivity index (χ1n) is 6.80. The lowest BCUT2D eigenvalue weighted by atomic mass is 10.1. The molecule has 10 N–H and O–H groups in total. The summed E-state index contributed by atoms with van der Waals surface area (Å²) in [5, 5.41) is 34.9. The molecule has 1 amide bonds. The van der Waals surface area contributed by atoms with Crippen molar-refractivity contribution in [1.29, 1.82) is 0 Å². The first-order valence-corrected chi connectivity index (χ1v) is 6.80. The SMILES string of the molecule is NC(=O)CCC(N)C(=O)O.N[C@@H](Cc1ccc(O)c(O)c1)C(=O)O. The van der Waals surface area contributed by atoms with Crippen molar-refractivity contribution in [2.75, 3.05) is 0 Å². The molecule has 10 heteroatoms. The highest BCUT2D eigenvalue weighted by atomic mass is 16.4. The van der Waals surface area contributed by atoms with Crippen LogP contribution < -0.4 is 17.2 Å². The number of nitrogens with two attached hydrogens (primary N) is 3. The van der Waals surface area contributed by atoms with Gasteiger partial charge in [0.05, 0.1) is 0 Å². The van der Waals surface area contributed by atoms with Gasteiger partial charge in [-0.25, -0.2) is 0 Å². The lowest BCUT2D eigenvalue weighted by molar-refractivity contribution is -0.139. The number of carboxylic acid groups (broad SMARTS) is 2. The molecule has 2 atom stereocenters. The minimum atomic E-state index is -1.11. The van der Waals surface area contributed by atoms with E-state index in [1.165, 1.54) is 18.2 Å². The van der Waals surface area contributed by atoms with Crippen molar-refractivity contribution >= 4 is 17.8 Å². The van der Waals surface area contributed by atoms with Crippen molar-refractivity contribution in [2.45, 2.75) is 31.3 Å². The van der Waals surface area contributed by atoms with Crippen LogP contribution in [0.2, 0.25) is 0 Å². The minimum absolute atomic E-state index is 0.0213. The van der Waals surface area contributed by atoms with Crippen LogP contribution in [0.25, 0.3) is 0 Å². The number of carbonyl (C=O) groups excluding carboxylic acids is 1. The van der Waals surface area contributed by atoms with Crippen LogP contribution in [-0.2, 0) is 20.8 Å². The zero-order valence-electron chi connectivity index (χ0n) is 12.8. The van der Waals surface area contributed by atoms with Crippen molar-refractivity contribution in [3.63, 3.8) is 0 Å². The van der Waals surface area contributed by atoms with Crippen LogP contribution in [0.15, 0.2) is 18.2 Å². The van der Waals surface area contributed by atoms with Crippen molar-refractivity contribution in [3.8, 4) is 11.5 Å². The topological polar surface area (TPSA) is 210 Å². The Balaban J connectivity index is 0.000000470. The van der Waals surface area contributed by atoms with Gasteiger partial charge in [0, 0.05) is 6.42 Å². The van der Waals surface area contributed by atoms with Gasteiger partial charge in [0.1, 0.15) is 12.1 Å². The Hall–Kier alpha value is -2.85. The number of rotatable bonds is 7. The van der Waals surface area contributed by atoms with Crippen molar-refractivity contribution in [3.05, 3.63) is 23.8 Å². The number of benzene rings is 1. The number of carboxylic acids is 2. The number of hydrogen-bond acceptors (Lipinski definition) is 7. The minimum Gasteiger partial charge on any atom is -0.504 e. The van der Waals surface area contributed by atoms with Crippen LogP contribution in [0.5, 0.6) is 11.5 Å². The number of phenols is 2. The second-order valence-corrected chi connectivity index (χ2v) is 4.92. The summed E-state index contributed by atoms with van der Waals surface area (Å²) in [6, 6.07) is 2.11. The van der Waals surface area contributed by atoms with Gasteiger partial charge >= 0.3 is 11.9 Å². The van der Waals surface area contributed by atoms with Crippen LogP contribution >= 0.6 is 0 Å². The highest BCUT2D eigenvalue weighted by molar-refractivity contribution is 5.77. The van der Waals surface area contributed by atoms with E-state index in [4.69, 9.17) is 37.6 Å². The number of aromatic hydroxyl groups is 2. The van der Waals surface area contributed by atoms with E-state index in [-0.39, 0.29) is 30.8 Å². The molecule has 0 aliphatic heterocycles. The molecular weight excluding hydrogens is 322 g/mol. The Morgan fingerprint density at radius 3 is 1.92 bits per heavy atom. The van der Waals surface area contributed by atoms with Gasteiger partial charge in [-0.1, -0.05) is 6.07 Å². The summed E-state index contributed by atoms with van der Waals surface area (Å²) in [4.78, 5) is 30.6. The summed E-state index contributed by atoms with van der Waals surface area (Å²) in [7, 11) is 0. The summed E-state index contributed by atoms with van der Waals surface area (Å²) < 4.78 is 0. The van der Waals surface area contributed by atoms with Gasteiger partial charge in [0.15, 0.2) is 11.5 Å². The largest absolute Gasteiger partial charge is 0.504 e. The van der Waals surface area contributed by atoms with Crippen LogP contribution in [-0.4, -0.2) is 50.4 Å². The van der Waals surface area contributed by atoms with Gasteiger partial charge in [-0.15, -0.1) is 0 Å². The average molecular weight is 343 g/mol. The quantitative estimate of drug-likeness (QED) is 0.293. The molecule has 0 aromatic heterocycles. The zero-order valence-corrected chi connectivity index (χ0v) is 12.8. The van der Waals surface area contributed by atoms with Gasteiger partial charge in [-0.05, 0) is 30.5 Å². The van der Waals surface area contributed by atoms with E-state index in [1.54, 1.807) is 0 Å². The fourth-order valence-corrected chi connectivity index (χ4v) is 1.46. The van der Waals surface area contributed by atoms with Crippen LogP contribution in [0, 0.1) is 0 Å². The highest BCUT2D eigenvalue weighted by Gasteiger charge is 2.13. The molecule has 0 aliphatic rings. The van der Waals surface area contributed by atoms with Gasteiger partial charge in [-0.3, -0.25) is 14.4 Å². The number of amides is 1. The Kier molecular flexibility index (Phi) is 8.83. The smallest absolute Gasteiger partial charge is 0.320 e. The second-order valence-electron chi connectivity index (χ2n) is 4.92. The van der Waals surface area contributed by atoms with E-state index in [0.29, 0.717) is 5.56 Å². The summed E-state index contributed by atoms with van der Waals surface area (Å²) in [6.45, 7) is 0. The second kappa shape index (κ2) is 10.0. The predicted molar refractivity (Wildman–Crippen MR) is 83.1 cm³/mol. The van der Waals surface area contributed by atoms with Crippen molar-refractivity contribution < 1.29 is 34.8 Å². The van der Waals surface area contributed by atoms with E-state index in [1.807, 2.05) is 0 Å². The maximum absolute atomic E-state index is 10.4. The van der Waals surface area contributed by atoms with Gasteiger partial charge in [0.25, 0.3) is 0 Å².